The number of ether oxygens (including phenoxy) is 1. The number of guanidine groups is 1. The Labute approximate surface area is 171 Å². The molecule has 164 valence electrons. The minimum Gasteiger partial charge on any atom is -0.405 e. The summed E-state index contributed by atoms with van der Waals surface area (Å²) in [5.74, 6) is 0.376. The quantitative estimate of drug-likeness (QED) is 0.369. The molecule has 2 N–H and O–H groups in total. The summed E-state index contributed by atoms with van der Waals surface area (Å²) in [7, 11) is 2.15. The number of benzene rings is 1. The van der Waals surface area contributed by atoms with Crippen LogP contribution in [0.15, 0.2) is 29.3 Å². The molecule has 9 heteroatoms. The van der Waals surface area contributed by atoms with Gasteiger partial charge in [0, 0.05) is 44.8 Å². The van der Waals surface area contributed by atoms with Gasteiger partial charge in [0.25, 0.3) is 0 Å². The highest BCUT2D eigenvalue weighted by Crippen LogP contribution is 2.26. The van der Waals surface area contributed by atoms with Crippen molar-refractivity contribution in [3.63, 3.8) is 0 Å². The first-order valence-corrected chi connectivity index (χ1v) is 10.1. The van der Waals surface area contributed by atoms with Gasteiger partial charge in [0.2, 0.25) is 0 Å². The minimum absolute atomic E-state index is 0.100. The standard InChI is InChI=1S/C20H32F3N5O/c1-3-24-19(25-10-6-7-11-28-14-12-27(2)13-15-28)26-16-17-8-4-5-9-18(17)29-20(21,22)23/h4-5,8-9H,3,6-7,10-16H2,1-2H3,(H2,24,25,26). The second kappa shape index (κ2) is 11.9. The average molecular weight is 416 g/mol. The number of hydrogen-bond acceptors (Lipinski definition) is 4. The van der Waals surface area contributed by atoms with E-state index in [0.29, 0.717) is 18.1 Å². The molecule has 0 aromatic heterocycles. The molecule has 1 aromatic rings. The number of hydrogen-bond donors (Lipinski definition) is 2. The molecule has 0 atom stereocenters. The molecule has 0 aliphatic carbocycles. The van der Waals surface area contributed by atoms with Gasteiger partial charge in [-0.15, -0.1) is 13.2 Å². The van der Waals surface area contributed by atoms with Gasteiger partial charge in [-0.1, -0.05) is 18.2 Å². The number of rotatable bonds is 9. The lowest BCUT2D eigenvalue weighted by Gasteiger charge is -2.32. The molecule has 0 saturated carbocycles. The van der Waals surface area contributed by atoms with E-state index in [9.17, 15) is 13.2 Å². The van der Waals surface area contributed by atoms with Crippen molar-refractivity contribution in [1.82, 2.24) is 20.4 Å². The summed E-state index contributed by atoms with van der Waals surface area (Å²) in [6.45, 7) is 9.05. The fraction of sp³-hybridized carbons (Fsp3) is 0.650. The van der Waals surface area contributed by atoms with E-state index in [4.69, 9.17) is 0 Å². The third-order valence-corrected chi connectivity index (χ3v) is 4.74. The number of nitrogens with one attached hydrogen (secondary N) is 2. The van der Waals surface area contributed by atoms with Gasteiger partial charge in [-0.05, 0) is 39.4 Å². The van der Waals surface area contributed by atoms with Gasteiger partial charge in [0.15, 0.2) is 5.96 Å². The maximum atomic E-state index is 12.5. The van der Waals surface area contributed by atoms with Crippen LogP contribution in [0, 0.1) is 0 Å². The Balaban J connectivity index is 1.78. The van der Waals surface area contributed by atoms with Crippen LogP contribution in [0.4, 0.5) is 13.2 Å². The van der Waals surface area contributed by atoms with Crippen LogP contribution in [0.2, 0.25) is 0 Å². The lowest BCUT2D eigenvalue weighted by Crippen LogP contribution is -2.44. The lowest BCUT2D eigenvalue weighted by molar-refractivity contribution is -0.274. The SMILES string of the molecule is CCNC(=NCc1ccccc1OC(F)(F)F)NCCCCN1CCN(C)CC1. The summed E-state index contributed by atoms with van der Waals surface area (Å²) in [5, 5.41) is 6.38. The molecule has 6 nitrogen and oxygen atoms in total. The highest BCUT2D eigenvalue weighted by atomic mass is 19.4. The maximum Gasteiger partial charge on any atom is 0.573 e. The summed E-state index contributed by atoms with van der Waals surface area (Å²) in [6.07, 6.45) is -2.62. The second-order valence-electron chi connectivity index (χ2n) is 7.13. The van der Waals surface area contributed by atoms with E-state index < -0.39 is 6.36 Å². The van der Waals surface area contributed by atoms with E-state index >= 15 is 0 Å². The van der Waals surface area contributed by atoms with E-state index in [1.807, 2.05) is 6.92 Å². The molecule has 0 bridgehead atoms. The molecule has 1 aliphatic heterocycles. The van der Waals surface area contributed by atoms with Crippen molar-refractivity contribution in [2.45, 2.75) is 32.7 Å². The minimum atomic E-state index is -4.72. The van der Waals surface area contributed by atoms with Gasteiger partial charge in [-0.2, -0.15) is 0 Å². The molecule has 0 radical (unpaired) electrons. The molecule has 2 rings (SSSR count). The molecule has 1 saturated heterocycles. The van der Waals surface area contributed by atoms with Gasteiger partial charge in [0.05, 0.1) is 6.54 Å². The molecule has 1 fully saturated rings. The Bertz CT molecular complexity index is 631. The second-order valence-corrected chi connectivity index (χ2v) is 7.13. The zero-order chi connectivity index (χ0) is 21.1. The first-order valence-electron chi connectivity index (χ1n) is 10.1. The molecular weight excluding hydrogens is 383 g/mol. The Hall–Kier alpha value is -2.00. The van der Waals surface area contributed by atoms with Gasteiger partial charge in [-0.25, -0.2) is 4.99 Å². The molecule has 0 amide bonds. The van der Waals surface area contributed by atoms with Crippen LogP contribution >= 0.6 is 0 Å². The Kier molecular flexibility index (Phi) is 9.53. The normalized spacial score (nSPS) is 16.7. The summed E-state index contributed by atoms with van der Waals surface area (Å²) in [4.78, 5) is 9.23. The predicted molar refractivity (Wildman–Crippen MR) is 109 cm³/mol. The lowest BCUT2D eigenvalue weighted by atomic mass is 10.2. The fourth-order valence-electron chi connectivity index (χ4n) is 3.10. The van der Waals surface area contributed by atoms with Crippen LogP contribution in [0.5, 0.6) is 5.75 Å². The van der Waals surface area contributed by atoms with Gasteiger partial charge < -0.3 is 25.2 Å². The first kappa shape index (κ1) is 23.3. The molecule has 1 heterocycles. The molecule has 0 unspecified atom stereocenters. The molecule has 0 spiro atoms. The number of para-hydroxylation sites is 1. The summed E-state index contributed by atoms with van der Waals surface area (Å²) in [6, 6.07) is 6.08. The maximum absolute atomic E-state index is 12.5. The Morgan fingerprint density at radius 2 is 1.83 bits per heavy atom. The number of alkyl halides is 3. The number of halogens is 3. The predicted octanol–water partition coefficient (Wildman–Crippen LogP) is 2.67. The molecule has 1 aliphatic rings. The van der Waals surface area contributed by atoms with E-state index in [1.165, 1.54) is 12.1 Å². The van der Waals surface area contributed by atoms with Crippen molar-refractivity contribution < 1.29 is 17.9 Å². The largest absolute Gasteiger partial charge is 0.573 e. The van der Waals surface area contributed by atoms with Crippen LogP contribution in [-0.4, -0.2) is 75.0 Å². The molecular formula is C20H32F3N5O. The number of unbranched alkanes of at least 4 members (excludes halogenated alkanes) is 1. The summed E-state index contributed by atoms with van der Waals surface area (Å²) in [5.41, 5.74) is 0.386. The van der Waals surface area contributed by atoms with Gasteiger partial charge in [0.1, 0.15) is 5.75 Å². The van der Waals surface area contributed by atoms with E-state index in [-0.39, 0.29) is 12.3 Å². The number of nitrogens with zero attached hydrogens (tertiary/aromatic N) is 3. The zero-order valence-electron chi connectivity index (χ0n) is 17.3. The van der Waals surface area contributed by atoms with Crippen LogP contribution in [0.25, 0.3) is 0 Å². The number of piperazine rings is 1. The fourth-order valence-corrected chi connectivity index (χ4v) is 3.10. The highest BCUT2D eigenvalue weighted by molar-refractivity contribution is 5.79. The van der Waals surface area contributed by atoms with Gasteiger partial charge >= 0.3 is 6.36 Å². The van der Waals surface area contributed by atoms with Crippen molar-refractivity contribution in [3.8, 4) is 5.75 Å². The van der Waals surface area contributed by atoms with E-state index in [2.05, 4.69) is 37.2 Å². The Morgan fingerprint density at radius 3 is 2.52 bits per heavy atom. The van der Waals surface area contributed by atoms with Crippen molar-refractivity contribution in [2.75, 3.05) is 52.9 Å². The third-order valence-electron chi connectivity index (χ3n) is 4.74. The number of aliphatic imine (C=N–C) groups is 1. The van der Waals surface area contributed by atoms with Crippen LogP contribution < -0.4 is 15.4 Å². The monoisotopic (exact) mass is 415 g/mol. The average Bonchev–Trinajstić information content (AvgIpc) is 2.67. The van der Waals surface area contributed by atoms with Crippen molar-refractivity contribution >= 4 is 5.96 Å². The third kappa shape index (κ3) is 9.36. The topological polar surface area (TPSA) is 52.1 Å². The molecule has 1 aromatic carbocycles. The highest BCUT2D eigenvalue weighted by Gasteiger charge is 2.31. The molecule has 29 heavy (non-hydrogen) atoms. The number of likely N-dealkylation sites (N-methyl/N-ethyl adjacent to an activating group) is 1. The van der Waals surface area contributed by atoms with Crippen molar-refractivity contribution in [3.05, 3.63) is 29.8 Å². The van der Waals surface area contributed by atoms with Crippen molar-refractivity contribution in [1.29, 1.82) is 0 Å². The summed E-state index contributed by atoms with van der Waals surface area (Å²) < 4.78 is 41.7. The first-order chi connectivity index (χ1) is 13.9. The van der Waals surface area contributed by atoms with E-state index in [0.717, 1.165) is 52.1 Å². The van der Waals surface area contributed by atoms with Crippen LogP contribution in [0.1, 0.15) is 25.3 Å². The summed E-state index contributed by atoms with van der Waals surface area (Å²) >= 11 is 0. The smallest absolute Gasteiger partial charge is 0.405 e. The zero-order valence-corrected chi connectivity index (χ0v) is 17.3. The van der Waals surface area contributed by atoms with Crippen LogP contribution in [-0.2, 0) is 6.54 Å². The van der Waals surface area contributed by atoms with Crippen LogP contribution in [0.3, 0.4) is 0 Å². The van der Waals surface area contributed by atoms with Crippen molar-refractivity contribution in [2.24, 2.45) is 4.99 Å². The Morgan fingerprint density at radius 1 is 1.10 bits per heavy atom. The van der Waals surface area contributed by atoms with E-state index in [1.54, 1.807) is 12.1 Å². The van der Waals surface area contributed by atoms with Gasteiger partial charge in [-0.3, -0.25) is 0 Å².